The molecule has 2 heterocycles. The molecule has 4 nitrogen and oxygen atoms in total. The molecule has 1 aromatic heterocycles. The van der Waals surface area contributed by atoms with E-state index >= 15 is 0 Å². The summed E-state index contributed by atoms with van der Waals surface area (Å²) in [6, 6.07) is 1.71. The molecule has 1 fully saturated rings. The first-order chi connectivity index (χ1) is 7.27. The number of nitrogens with one attached hydrogen (secondary N) is 1. The van der Waals surface area contributed by atoms with Crippen LogP contribution in [0, 0.1) is 0 Å². The summed E-state index contributed by atoms with van der Waals surface area (Å²) in [6.45, 7) is 3.38. The van der Waals surface area contributed by atoms with Crippen molar-refractivity contribution in [3.63, 3.8) is 0 Å². The predicted octanol–water partition coefficient (Wildman–Crippen LogP) is 1.48. The molecule has 1 aliphatic heterocycles. The van der Waals surface area contributed by atoms with Gasteiger partial charge in [0.15, 0.2) is 5.76 Å². The van der Waals surface area contributed by atoms with Crippen LogP contribution in [0.3, 0.4) is 0 Å². The van der Waals surface area contributed by atoms with Crippen LogP contribution in [0.25, 0.3) is 0 Å². The van der Waals surface area contributed by atoms with Crippen LogP contribution in [-0.4, -0.2) is 37.0 Å². The van der Waals surface area contributed by atoms with E-state index in [2.05, 4.69) is 21.2 Å². The Morgan fingerprint density at radius 3 is 3.07 bits per heavy atom. The number of amides is 1. The summed E-state index contributed by atoms with van der Waals surface area (Å²) in [5.74, 6) is 0.383. The van der Waals surface area contributed by atoms with Gasteiger partial charge < -0.3 is 14.6 Å². The highest BCUT2D eigenvalue weighted by atomic mass is 79.9. The third-order valence-electron chi connectivity index (χ3n) is 2.41. The number of hydrogen-bond donors (Lipinski definition) is 1. The quantitative estimate of drug-likeness (QED) is 0.843. The molecule has 1 saturated heterocycles. The van der Waals surface area contributed by atoms with Crippen molar-refractivity contribution in [1.82, 2.24) is 10.2 Å². The standard InChI is InChI=1S/C10H13BrN2O2/c11-8-6-9(15-7-8)10(14)13-4-1-2-12-3-5-13/h6-7,12H,1-5H2. The number of rotatable bonds is 1. The topological polar surface area (TPSA) is 45.5 Å². The van der Waals surface area contributed by atoms with Gasteiger partial charge >= 0.3 is 0 Å². The second kappa shape index (κ2) is 4.81. The second-order valence-electron chi connectivity index (χ2n) is 3.52. The zero-order chi connectivity index (χ0) is 10.7. The van der Waals surface area contributed by atoms with E-state index in [1.165, 1.54) is 6.26 Å². The van der Waals surface area contributed by atoms with E-state index in [9.17, 15) is 4.79 Å². The molecule has 0 saturated carbocycles. The third kappa shape index (κ3) is 2.60. The maximum absolute atomic E-state index is 11.9. The lowest BCUT2D eigenvalue weighted by Crippen LogP contribution is -2.33. The SMILES string of the molecule is O=C(c1cc(Br)co1)N1CCCNCC1. The average molecular weight is 273 g/mol. The van der Waals surface area contributed by atoms with E-state index in [0.29, 0.717) is 5.76 Å². The summed E-state index contributed by atoms with van der Waals surface area (Å²) in [5, 5.41) is 3.25. The number of nitrogens with zero attached hydrogens (tertiary/aromatic N) is 1. The van der Waals surface area contributed by atoms with Gasteiger partial charge in [0.25, 0.3) is 5.91 Å². The molecule has 5 heteroatoms. The fraction of sp³-hybridized carbons (Fsp3) is 0.500. The van der Waals surface area contributed by atoms with Gasteiger partial charge in [-0.1, -0.05) is 0 Å². The van der Waals surface area contributed by atoms with Crippen molar-refractivity contribution in [3.8, 4) is 0 Å². The van der Waals surface area contributed by atoms with Crippen LogP contribution in [-0.2, 0) is 0 Å². The fourth-order valence-electron chi connectivity index (χ4n) is 1.63. The van der Waals surface area contributed by atoms with Crippen molar-refractivity contribution in [2.45, 2.75) is 6.42 Å². The van der Waals surface area contributed by atoms with E-state index in [1.54, 1.807) is 6.07 Å². The zero-order valence-corrected chi connectivity index (χ0v) is 9.92. The van der Waals surface area contributed by atoms with Gasteiger partial charge in [-0.15, -0.1) is 0 Å². The minimum absolute atomic E-state index is 0.0237. The molecule has 1 aliphatic rings. The lowest BCUT2D eigenvalue weighted by Gasteiger charge is -2.18. The van der Waals surface area contributed by atoms with Crippen LogP contribution < -0.4 is 5.32 Å². The highest BCUT2D eigenvalue weighted by molar-refractivity contribution is 9.10. The molecule has 82 valence electrons. The van der Waals surface area contributed by atoms with Gasteiger partial charge in [-0.05, 0) is 28.9 Å². The van der Waals surface area contributed by atoms with Crippen LogP contribution in [0.1, 0.15) is 17.0 Å². The van der Waals surface area contributed by atoms with Gasteiger partial charge in [-0.25, -0.2) is 0 Å². The molecule has 0 bridgehead atoms. The maximum Gasteiger partial charge on any atom is 0.289 e. The lowest BCUT2D eigenvalue weighted by atomic mass is 10.3. The van der Waals surface area contributed by atoms with E-state index in [0.717, 1.165) is 37.1 Å². The first-order valence-corrected chi connectivity index (χ1v) is 5.81. The Kier molecular flexibility index (Phi) is 3.43. The summed E-state index contributed by atoms with van der Waals surface area (Å²) in [4.78, 5) is 13.8. The Morgan fingerprint density at radius 1 is 1.47 bits per heavy atom. The van der Waals surface area contributed by atoms with Gasteiger partial charge in [-0.3, -0.25) is 4.79 Å². The summed E-state index contributed by atoms with van der Waals surface area (Å²) in [5.41, 5.74) is 0. The Labute approximate surface area is 96.7 Å². The van der Waals surface area contributed by atoms with Crippen molar-refractivity contribution in [2.75, 3.05) is 26.2 Å². The van der Waals surface area contributed by atoms with Crippen molar-refractivity contribution >= 4 is 21.8 Å². The van der Waals surface area contributed by atoms with E-state index in [4.69, 9.17) is 4.42 Å². The molecule has 1 amide bonds. The van der Waals surface area contributed by atoms with E-state index in [-0.39, 0.29) is 5.91 Å². The first kappa shape index (κ1) is 10.7. The zero-order valence-electron chi connectivity index (χ0n) is 8.33. The second-order valence-corrected chi connectivity index (χ2v) is 4.44. The van der Waals surface area contributed by atoms with Crippen molar-refractivity contribution < 1.29 is 9.21 Å². The largest absolute Gasteiger partial charge is 0.458 e. The molecule has 0 aromatic carbocycles. The highest BCUT2D eigenvalue weighted by Gasteiger charge is 2.19. The smallest absolute Gasteiger partial charge is 0.289 e. The minimum Gasteiger partial charge on any atom is -0.458 e. The number of hydrogen-bond acceptors (Lipinski definition) is 3. The van der Waals surface area contributed by atoms with Crippen molar-refractivity contribution in [2.24, 2.45) is 0 Å². The number of carbonyl (C=O) groups is 1. The summed E-state index contributed by atoms with van der Waals surface area (Å²) in [7, 11) is 0. The van der Waals surface area contributed by atoms with Crippen molar-refractivity contribution in [3.05, 3.63) is 22.6 Å². The lowest BCUT2D eigenvalue weighted by molar-refractivity contribution is 0.0734. The Hall–Kier alpha value is -0.810. The van der Waals surface area contributed by atoms with Gasteiger partial charge in [-0.2, -0.15) is 0 Å². The third-order valence-corrected chi connectivity index (χ3v) is 2.82. The van der Waals surface area contributed by atoms with Gasteiger partial charge in [0.05, 0.1) is 4.47 Å². The summed E-state index contributed by atoms with van der Waals surface area (Å²) < 4.78 is 5.97. The number of carbonyl (C=O) groups excluding carboxylic acids is 1. The van der Waals surface area contributed by atoms with Crippen LogP contribution >= 0.6 is 15.9 Å². The number of furan rings is 1. The molecule has 2 rings (SSSR count). The molecule has 0 spiro atoms. The minimum atomic E-state index is -0.0237. The van der Waals surface area contributed by atoms with Crippen LogP contribution in [0.4, 0.5) is 0 Å². The molecular weight excluding hydrogens is 260 g/mol. The van der Waals surface area contributed by atoms with E-state index in [1.807, 2.05) is 4.90 Å². The summed E-state index contributed by atoms with van der Waals surface area (Å²) in [6.07, 6.45) is 2.52. The van der Waals surface area contributed by atoms with Gasteiger partial charge in [0, 0.05) is 25.7 Å². The molecule has 0 radical (unpaired) electrons. The monoisotopic (exact) mass is 272 g/mol. The molecule has 15 heavy (non-hydrogen) atoms. The Balaban J connectivity index is 2.06. The predicted molar refractivity (Wildman–Crippen MR) is 59.8 cm³/mol. The molecule has 0 unspecified atom stereocenters. The molecule has 0 atom stereocenters. The molecule has 1 aromatic rings. The van der Waals surface area contributed by atoms with Gasteiger partial charge in [0.1, 0.15) is 6.26 Å². The van der Waals surface area contributed by atoms with E-state index < -0.39 is 0 Å². The van der Waals surface area contributed by atoms with Gasteiger partial charge in [0.2, 0.25) is 0 Å². The van der Waals surface area contributed by atoms with Crippen molar-refractivity contribution in [1.29, 1.82) is 0 Å². The highest BCUT2D eigenvalue weighted by Crippen LogP contribution is 2.16. The fourth-order valence-corrected chi connectivity index (χ4v) is 1.93. The normalized spacial score (nSPS) is 17.5. The molecule has 1 N–H and O–H groups in total. The molecule has 0 aliphatic carbocycles. The van der Waals surface area contributed by atoms with Crippen LogP contribution in [0.2, 0.25) is 0 Å². The average Bonchev–Trinajstić information content (AvgIpc) is 2.53. The Bertz CT molecular complexity index is 343. The Morgan fingerprint density at radius 2 is 2.33 bits per heavy atom. The number of halogens is 1. The summed E-state index contributed by atoms with van der Waals surface area (Å²) >= 11 is 3.26. The van der Waals surface area contributed by atoms with Crippen LogP contribution in [0.15, 0.2) is 21.2 Å². The van der Waals surface area contributed by atoms with Crippen LogP contribution in [0.5, 0.6) is 0 Å². The molecular formula is C10H13BrN2O2. The maximum atomic E-state index is 11.9. The first-order valence-electron chi connectivity index (χ1n) is 5.01.